The van der Waals surface area contributed by atoms with Gasteiger partial charge in [-0.15, -0.1) is 0 Å². The van der Waals surface area contributed by atoms with Gasteiger partial charge in [-0.3, -0.25) is 0 Å². The van der Waals surface area contributed by atoms with Gasteiger partial charge in [0.05, 0.1) is 0 Å². The standard InChI is InChI=1S/C3H7NS3/c4-3-1-5-7-6-2-3/h3H,1-2,4H2. The minimum Gasteiger partial charge on any atom is -0.326 e. The smallest absolute Gasteiger partial charge is 0.0239 e. The van der Waals surface area contributed by atoms with Crippen LogP contribution in [0.15, 0.2) is 0 Å². The molecule has 0 aromatic rings. The Bertz CT molecular complexity index is 52.1. The predicted molar refractivity (Wildman–Crippen MR) is 40.5 cm³/mol. The van der Waals surface area contributed by atoms with Gasteiger partial charge in [0.25, 0.3) is 0 Å². The molecule has 1 rings (SSSR count). The predicted octanol–water partition coefficient (Wildman–Crippen LogP) is 1.36. The average Bonchev–Trinajstić information content (AvgIpc) is 1.69. The Labute approximate surface area is 55.0 Å². The summed E-state index contributed by atoms with van der Waals surface area (Å²) in [7, 11) is 5.57. The van der Waals surface area contributed by atoms with Crippen molar-refractivity contribution in [1.82, 2.24) is 0 Å². The monoisotopic (exact) mass is 153 g/mol. The van der Waals surface area contributed by atoms with Gasteiger partial charge in [0.2, 0.25) is 0 Å². The van der Waals surface area contributed by atoms with Crippen LogP contribution in [0.3, 0.4) is 0 Å². The van der Waals surface area contributed by atoms with Gasteiger partial charge in [0.1, 0.15) is 0 Å². The molecule has 0 amide bonds. The second-order valence-electron chi connectivity index (χ2n) is 1.40. The normalized spacial score (nSPS) is 25.3. The van der Waals surface area contributed by atoms with Gasteiger partial charge in [-0.2, -0.15) is 0 Å². The van der Waals surface area contributed by atoms with E-state index in [-0.39, 0.29) is 0 Å². The first-order chi connectivity index (χ1) is 3.39. The molecule has 1 aliphatic heterocycles. The molecule has 0 radical (unpaired) electrons. The molecule has 0 atom stereocenters. The fourth-order valence-electron chi connectivity index (χ4n) is 0.312. The van der Waals surface area contributed by atoms with Crippen LogP contribution in [0.5, 0.6) is 0 Å². The quantitative estimate of drug-likeness (QED) is 0.531. The molecule has 0 aromatic heterocycles. The van der Waals surface area contributed by atoms with Crippen LogP contribution >= 0.6 is 31.4 Å². The molecule has 0 aromatic carbocycles. The minimum atomic E-state index is 0.441. The van der Waals surface area contributed by atoms with Crippen LogP contribution in [0.25, 0.3) is 0 Å². The van der Waals surface area contributed by atoms with E-state index in [1.54, 1.807) is 0 Å². The van der Waals surface area contributed by atoms with E-state index >= 15 is 0 Å². The largest absolute Gasteiger partial charge is 0.326 e. The summed E-state index contributed by atoms with van der Waals surface area (Å²) < 4.78 is 0. The van der Waals surface area contributed by atoms with E-state index in [1.165, 1.54) is 0 Å². The molecule has 7 heavy (non-hydrogen) atoms. The van der Waals surface area contributed by atoms with Gasteiger partial charge in [0.15, 0.2) is 0 Å². The Hall–Kier alpha value is 1.01. The van der Waals surface area contributed by atoms with Crippen molar-refractivity contribution in [2.45, 2.75) is 6.04 Å². The minimum absolute atomic E-state index is 0.441. The van der Waals surface area contributed by atoms with Crippen LogP contribution in [0.4, 0.5) is 0 Å². The molecule has 0 bridgehead atoms. The summed E-state index contributed by atoms with van der Waals surface area (Å²) in [5.74, 6) is 2.25. The van der Waals surface area contributed by atoms with Crippen LogP contribution in [0, 0.1) is 0 Å². The summed E-state index contributed by atoms with van der Waals surface area (Å²) in [4.78, 5) is 0. The van der Waals surface area contributed by atoms with E-state index in [2.05, 4.69) is 0 Å². The summed E-state index contributed by atoms with van der Waals surface area (Å²) >= 11 is 0. The summed E-state index contributed by atoms with van der Waals surface area (Å²) in [5, 5.41) is 0. The summed E-state index contributed by atoms with van der Waals surface area (Å²) in [6, 6.07) is 0.441. The number of hydrogen-bond donors (Lipinski definition) is 1. The van der Waals surface area contributed by atoms with Gasteiger partial charge in [-0.25, -0.2) is 0 Å². The third-order valence-corrected chi connectivity index (χ3v) is 5.11. The van der Waals surface area contributed by atoms with Gasteiger partial charge < -0.3 is 5.73 Å². The van der Waals surface area contributed by atoms with Crippen molar-refractivity contribution in [1.29, 1.82) is 0 Å². The highest BCUT2D eigenvalue weighted by Gasteiger charge is 2.08. The van der Waals surface area contributed by atoms with E-state index in [1.807, 2.05) is 31.4 Å². The van der Waals surface area contributed by atoms with Gasteiger partial charge in [-0.1, -0.05) is 21.6 Å². The Balaban J connectivity index is 2.12. The van der Waals surface area contributed by atoms with Crippen molar-refractivity contribution < 1.29 is 0 Å². The fraction of sp³-hybridized carbons (Fsp3) is 1.00. The number of hydrogen-bond acceptors (Lipinski definition) is 4. The van der Waals surface area contributed by atoms with Crippen molar-refractivity contribution in [2.75, 3.05) is 11.5 Å². The van der Waals surface area contributed by atoms with Gasteiger partial charge >= 0.3 is 0 Å². The van der Waals surface area contributed by atoms with E-state index in [0.717, 1.165) is 11.5 Å². The third kappa shape index (κ3) is 2.17. The number of nitrogens with two attached hydrogens (primary N) is 1. The van der Waals surface area contributed by atoms with Crippen LogP contribution in [0.1, 0.15) is 0 Å². The van der Waals surface area contributed by atoms with Gasteiger partial charge in [0, 0.05) is 17.5 Å². The zero-order valence-electron chi connectivity index (χ0n) is 3.79. The van der Waals surface area contributed by atoms with E-state index in [9.17, 15) is 0 Å². The molecule has 1 nitrogen and oxygen atoms in total. The molecular formula is C3H7NS3. The first kappa shape index (κ1) is 6.13. The molecule has 1 heterocycles. The lowest BCUT2D eigenvalue weighted by molar-refractivity contribution is 0.864. The lowest BCUT2D eigenvalue weighted by atomic mass is 10.4. The second kappa shape index (κ2) is 3.12. The van der Waals surface area contributed by atoms with Crippen LogP contribution < -0.4 is 5.73 Å². The topological polar surface area (TPSA) is 26.0 Å². The maximum atomic E-state index is 5.58. The van der Waals surface area contributed by atoms with E-state index in [0.29, 0.717) is 6.04 Å². The highest BCUT2D eigenvalue weighted by atomic mass is 33.5. The van der Waals surface area contributed by atoms with Crippen molar-refractivity contribution >= 4 is 31.4 Å². The molecule has 2 N–H and O–H groups in total. The molecule has 4 heteroatoms. The van der Waals surface area contributed by atoms with Crippen molar-refractivity contribution in [2.24, 2.45) is 5.73 Å². The summed E-state index contributed by atoms with van der Waals surface area (Å²) in [5.41, 5.74) is 5.58. The molecule has 1 fully saturated rings. The van der Waals surface area contributed by atoms with Crippen LogP contribution in [-0.4, -0.2) is 17.5 Å². The molecule has 0 saturated carbocycles. The first-order valence-electron chi connectivity index (χ1n) is 2.06. The van der Waals surface area contributed by atoms with E-state index in [4.69, 9.17) is 5.73 Å². The maximum absolute atomic E-state index is 5.58. The SMILES string of the molecule is NC1CSSSC1. The zero-order valence-corrected chi connectivity index (χ0v) is 6.24. The third-order valence-electron chi connectivity index (χ3n) is 0.660. The molecule has 42 valence electrons. The summed E-state index contributed by atoms with van der Waals surface area (Å²) in [6.07, 6.45) is 0. The Morgan fingerprint density at radius 1 is 1.29 bits per heavy atom. The highest BCUT2D eigenvalue weighted by molar-refractivity contribution is 9.09. The van der Waals surface area contributed by atoms with Crippen molar-refractivity contribution in [3.63, 3.8) is 0 Å². The van der Waals surface area contributed by atoms with Crippen molar-refractivity contribution in [3.05, 3.63) is 0 Å². The molecule has 0 aliphatic carbocycles. The molecule has 1 saturated heterocycles. The lowest BCUT2D eigenvalue weighted by Gasteiger charge is -2.13. The molecule has 1 aliphatic rings. The first-order valence-corrected chi connectivity index (χ1v) is 5.88. The van der Waals surface area contributed by atoms with Crippen LogP contribution in [0.2, 0.25) is 0 Å². The maximum Gasteiger partial charge on any atom is 0.0239 e. The summed E-state index contributed by atoms with van der Waals surface area (Å²) in [6.45, 7) is 0. The Morgan fingerprint density at radius 3 is 2.14 bits per heavy atom. The highest BCUT2D eigenvalue weighted by Crippen LogP contribution is 2.39. The van der Waals surface area contributed by atoms with Gasteiger partial charge in [-0.05, 0) is 9.83 Å². The second-order valence-corrected chi connectivity index (χ2v) is 5.72. The lowest BCUT2D eigenvalue weighted by Crippen LogP contribution is -2.26. The Kier molecular flexibility index (Phi) is 2.73. The van der Waals surface area contributed by atoms with Crippen molar-refractivity contribution in [3.8, 4) is 0 Å². The molecule has 0 unspecified atom stereocenters. The fourth-order valence-corrected chi connectivity index (χ4v) is 4.42. The zero-order chi connectivity index (χ0) is 5.11. The molecular weight excluding hydrogens is 146 g/mol. The molecule has 0 spiro atoms. The van der Waals surface area contributed by atoms with E-state index < -0.39 is 0 Å². The average molecular weight is 153 g/mol. The Morgan fingerprint density at radius 2 is 1.86 bits per heavy atom. The van der Waals surface area contributed by atoms with Crippen LogP contribution in [-0.2, 0) is 0 Å². The number of rotatable bonds is 0.